The standard InChI is InChI=1S/C7H15NO2S/c1-5(8)4-6(11-3)7(9)10-2/h5-6H,4,8H2,1-3H3. The van der Waals surface area contributed by atoms with E-state index in [0.717, 1.165) is 0 Å². The molecule has 0 heterocycles. The molecule has 0 radical (unpaired) electrons. The number of thioether (sulfide) groups is 1. The summed E-state index contributed by atoms with van der Waals surface area (Å²) in [5, 5.41) is -0.111. The van der Waals surface area contributed by atoms with Gasteiger partial charge in [0.1, 0.15) is 5.25 Å². The lowest BCUT2D eigenvalue weighted by atomic mass is 10.2. The molecule has 0 aliphatic rings. The third-order valence-electron chi connectivity index (χ3n) is 1.33. The highest BCUT2D eigenvalue weighted by Gasteiger charge is 2.18. The lowest BCUT2D eigenvalue weighted by Gasteiger charge is -2.13. The molecule has 0 bridgehead atoms. The molecule has 0 aliphatic heterocycles. The molecule has 11 heavy (non-hydrogen) atoms. The zero-order chi connectivity index (χ0) is 8.85. The number of methoxy groups -OCH3 is 1. The molecule has 0 aromatic heterocycles. The summed E-state index contributed by atoms with van der Waals surface area (Å²) >= 11 is 1.48. The minimum absolute atomic E-state index is 0.0477. The second kappa shape index (κ2) is 5.43. The number of nitrogens with two attached hydrogens (primary N) is 1. The lowest BCUT2D eigenvalue weighted by molar-refractivity contribution is -0.140. The van der Waals surface area contributed by atoms with Crippen LogP contribution in [0.4, 0.5) is 0 Å². The zero-order valence-electron chi connectivity index (χ0n) is 7.16. The maximum absolute atomic E-state index is 11.0. The van der Waals surface area contributed by atoms with E-state index in [2.05, 4.69) is 4.74 Å². The average Bonchev–Trinajstić information content (AvgIpc) is 1.98. The molecule has 2 atom stereocenters. The van der Waals surface area contributed by atoms with Gasteiger partial charge in [-0.05, 0) is 19.6 Å². The van der Waals surface area contributed by atoms with Crippen LogP contribution in [0.3, 0.4) is 0 Å². The van der Waals surface area contributed by atoms with Crippen LogP contribution in [-0.4, -0.2) is 30.6 Å². The quantitative estimate of drug-likeness (QED) is 0.640. The van der Waals surface area contributed by atoms with Gasteiger partial charge in [-0.1, -0.05) is 0 Å². The molecule has 66 valence electrons. The van der Waals surface area contributed by atoms with Gasteiger partial charge in [0.15, 0.2) is 0 Å². The Bertz CT molecular complexity index is 128. The first-order valence-electron chi connectivity index (χ1n) is 3.48. The Morgan fingerprint density at radius 3 is 2.55 bits per heavy atom. The van der Waals surface area contributed by atoms with Crippen molar-refractivity contribution in [2.75, 3.05) is 13.4 Å². The van der Waals surface area contributed by atoms with E-state index in [0.29, 0.717) is 6.42 Å². The number of hydrogen-bond acceptors (Lipinski definition) is 4. The van der Waals surface area contributed by atoms with Crippen molar-refractivity contribution in [2.24, 2.45) is 5.73 Å². The zero-order valence-corrected chi connectivity index (χ0v) is 7.98. The van der Waals surface area contributed by atoms with Crippen LogP contribution in [0.25, 0.3) is 0 Å². The first-order chi connectivity index (χ1) is 5.11. The predicted octanol–water partition coefficient (Wildman–Crippen LogP) is 0.628. The minimum atomic E-state index is -0.185. The van der Waals surface area contributed by atoms with Gasteiger partial charge in [0, 0.05) is 6.04 Å². The number of rotatable bonds is 4. The Kier molecular flexibility index (Phi) is 5.32. The first-order valence-corrected chi connectivity index (χ1v) is 4.76. The van der Waals surface area contributed by atoms with Crippen molar-refractivity contribution in [2.45, 2.75) is 24.6 Å². The molecule has 0 aromatic carbocycles. The number of esters is 1. The summed E-state index contributed by atoms with van der Waals surface area (Å²) < 4.78 is 4.59. The summed E-state index contributed by atoms with van der Waals surface area (Å²) in [4.78, 5) is 11.0. The molecular formula is C7H15NO2S. The van der Waals surface area contributed by atoms with Crippen LogP contribution >= 0.6 is 11.8 Å². The van der Waals surface area contributed by atoms with Gasteiger partial charge < -0.3 is 10.5 Å². The van der Waals surface area contributed by atoms with Gasteiger partial charge in [0.25, 0.3) is 0 Å². The van der Waals surface area contributed by atoms with Crippen molar-refractivity contribution in [3.8, 4) is 0 Å². The molecular weight excluding hydrogens is 162 g/mol. The van der Waals surface area contributed by atoms with E-state index in [1.165, 1.54) is 18.9 Å². The maximum Gasteiger partial charge on any atom is 0.318 e. The Balaban J connectivity index is 3.84. The van der Waals surface area contributed by atoms with Crippen molar-refractivity contribution in [1.29, 1.82) is 0 Å². The highest BCUT2D eigenvalue weighted by atomic mass is 32.2. The molecule has 0 saturated heterocycles. The Morgan fingerprint density at radius 1 is 1.73 bits per heavy atom. The van der Waals surface area contributed by atoms with Crippen molar-refractivity contribution >= 4 is 17.7 Å². The van der Waals surface area contributed by atoms with E-state index in [1.54, 1.807) is 0 Å². The van der Waals surface area contributed by atoms with Gasteiger partial charge in [-0.15, -0.1) is 0 Å². The Hall–Kier alpha value is -0.220. The van der Waals surface area contributed by atoms with Crippen LogP contribution in [0.1, 0.15) is 13.3 Å². The normalized spacial score (nSPS) is 15.6. The highest BCUT2D eigenvalue weighted by molar-refractivity contribution is 7.99. The Morgan fingerprint density at radius 2 is 2.27 bits per heavy atom. The summed E-state index contributed by atoms with van der Waals surface area (Å²) in [5.74, 6) is -0.185. The fourth-order valence-corrected chi connectivity index (χ4v) is 1.54. The van der Waals surface area contributed by atoms with Crippen molar-refractivity contribution in [3.05, 3.63) is 0 Å². The van der Waals surface area contributed by atoms with E-state index < -0.39 is 0 Å². The summed E-state index contributed by atoms with van der Waals surface area (Å²) in [6, 6.07) is 0.0477. The fourth-order valence-electron chi connectivity index (χ4n) is 0.758. The van der Waals surface area contributed by atoms with Gasteiger partial charge in [0.05, 0.1) is 7.11 Å². The molecule has 0 rings (SSSR count). The summed E-state index contributed by atoms with van der Waals surface area (Å²) in [6.45, 7) is 1.88. The molecule has 2 N–H and O–H groups in total. The van der Waals surface area contributed by atoms with E-state index in [1.807, 2.05) is 13.2 Å². The van der Waals surface area contributed by atoms with Gasteiger partial charge in [-0.25, -0.2) is 0 Å². The number of carbonyl (C=O) groups is 1. The van der Waals surface area contributed by atoms with E-state index in [-0.39, 0.29) is 17.3 Å². The van der Waals surface area contributed by atoms with Crippen LogP contribution in [-0.2, 0) is 9.53 Å². The molecule has 0 saturated carbocycles. The lowest BCUT2D eigenvalue weighted by Crippen LogP contribution is -2.27. The van der Waals surface area contributed by atoms with Crippen LogP contribution < -0.4 is 5.73 Å². The van der Waals surface area contributed by atoms with Crippen LogP contribution in [0, 0.1) is 0 Å². The second-order valence-electron chi connectivity index (χ2n) is 2.46. The molecule has 0 aromatic rings. The van der Waals surface area contributed by atoms with Crippen LogP contribution in [0.5, 0.6) is 0 Å². The number of carbonyl (C=O) groups excluding carboxylic acids is 1. The largest absolute Gasteiger partial charge is 0.468 e. The van der Waals surface area contributed by atoms with Gasteiger partial charge in [-0.3, -0.25) is 4.79 Å². The van der Waals surface area contributed by atoms with Gasteiger partial charge in [0.2, 0.25) is 0 Å². The molecule has 0 fully saturated rings. The molecule has 0 aliphatic carbocycles. The summed E-state index contributed by atoms with van der Waals surface area (Å²) in [5.41, 5.74) is 5.54. The van der Waals surface area contributed by atoms with E-state index in [9.17, 15) is 4.79 Å². The minimum Gasteiger partial charge on any atom is -0.468 e. The maximum atomic E-state index is 11.0. The number of hydrogen-bond donors (Lipinski definition) is 1. The van der Waals surface area contributed by atoms with E-state index in [4.69, 9.17) is 5.73 Å². The summed E-state index contributed by atoms with van der Waals surface area (Å²) in [7, 11) is 1.40. The monoisotopic (exact) mass is 177 g/mol. The third kappa shape index (κ3) is 4.27. The van der Waals surface area contributed by atoms with Crippen molar-refractivity contribution in [1.82, 2.24) is 0 Å². The molecule has 2 unspecified atom stereocenters. The average molecular weight is 177 g/mol. The third-order valence-corrected chi connectivity index (χ3v) is 2.29. The van der Waals surface area contributed by atoms with Crippen molar-refractivity contribution < 1.29 is 9.53 Å². The molecule has 0 amide bonds. The van der Waals surface area contributed by atoms with Crippen LogP contribution in [0.2, 0.25) is 0 Å². The van der Waals surface area contributed by atoms with Crippen LogP contribution in [0.15, 0.2) is 0 Å². The number of ether oxygens (including phenoxy) is 1. The topological polar surface area (TPSA) is 52.3 Å². The Labute approximate surface area is 71.7 Å². The highest BCUT2D eigenvalue weighted by Crippen LogP contribution is 2.13. The van der Waals surface area contributed by atoms with Gasteiger partial charge >= 0.3 is 5.97 Å². The van der Waals surface area contributed by atoms with E-state index >= 15 is 0 Å². The van der Waals surface area contributed by atoms with Gasteiger partial charge in [-0.2, -0.15) is 11.8 Å². The molecule has 3 nitrogen and oxygen atoms in total. The second-order valence-corrected chi connectivity index (χ2v) is 3.50. The first kappa shape index (κ1) is 10.8. The summed E-state index contributed by atoms with van der Waals surface area (Å²) in [6.07, 6.45) is 2.55. The fraction of sp³-hybridized carbons (Fsp3) is 0.857. The smallest absolute Gasteiger partial charge is 0.318 e. The predicted molar refractivity (Wildman–Crippen MR) is 47.6 cm³/mol. The SMILES string of the molecule is COC(=O)C(CC(C)N)SC. The molecule has 0 spiro atoms. The van der Waals surface area contributed by atoms with Crippen molar-refractivity contribution in [3.63, 3.8) is 0 Å². The molecule has 4 heteroatoms.